The summed E-state index contributed by atoms with van der Waals surface area (Å²) >= 11 is 0. The quantitative estimate of drug-likeness (QED) is 0.438. The molecule has 1 aromatic heterocycles. The molecule has 1 aliphatic heterocycles. The maximum absolute atomic E-state index is 15.2. The summed E-state index contributed by atoms with van der Waals surface area (Å²) in [4.78, 5) is 21.2. The predicted octanol–water partition coefficient (Wildman–Crippen LogP) is 3.88. The van der Waals surface area contributed by atoms with Gasteiger partial charge in [0.25, 0.3) is 5.91 Å². The summed E-state index contributed by atoms with van der Waals surface area (Å²) in [5.74, 6) is -1.25. The number of benzene rings is 2. The van der Waals surface area contributed by atoms with Crippen LogP contribution in [0.1, 0.15) is 35.3 Å². The molecule has 3 aromatic rings. The van der Waals surface area contributed by atoms with Gasteiger partial charge in [0.05, 0.1) is 5.56 Å². The molecule has 0 radical (unpaired) electrons. The number of aromatic nitrogens is 2. The zero-order valence-electron chi connectivity index (χ0n) is 20.0. The van der Waals surface area contributed by atoms with Crippen LogP contribution in [0.3, 0.4) is 0 Å². The van der Waals surface area contributed by atoms with Crippen molar-refractivity contribution in [3.05, 3.63) is 58.9 Å². The van der Waals surface area contributed by atoms with E-state index in [-0.39, 0.29) is 35.1 Å². The second-order valence-corrected chi connectivity index (χ2v) is 8.91. The first-order chi connectivity index (χ1) is 16.6. The number of halogens is 2. The van der Waals surface area contributed by atoms with E-state index < -0.39 is 23.1 Å². The molecule has 0 fully saturated rings. The highest BCUT2D eigenvalue weighted by Crippen LogP contribution is 2.39. The Labute approximate surface area is 201 Å². The third-order valence-corrected chi connectivity index (χ3v) is 5.74. The van der Waals surface area contributed by atoms with Crippen LogP contribution in [0.25, 0.3) is 11.3 Å². The molecule has 184 valence electrons. The van der Waals surface area contributed by atoms with Crippen LogP contribution in [0, 0.1) is 18.6 Å². The van der Waals surface area contributed by atoms with Crippen molar-refractivity contribution in [2.75, 3.05) is 31.2 Å². The van der Waals surface area contributed by atoms with Gasteiger partial charge in [0.15, 0.2) is 11.6 Å². The van der Waals surface area contributed by atoms with Gasteiger partial charge in [-0.25, -0.2) is 18.7 Å². The lowest BCUT2D eigenvalue weighted by Crippen LogP contribution is -2.24. The van der Waals surface area contributed by atoms with Crippen LogP contribution in [0.2, 0.25) is 0 Å². The van der Waals surface area contributed by atoms with E-state index in [9.17, 15) is 9.18 Å². The van der Waals surface area contributed by atoms with Gasteiger partial charge >= 0.3 is 0 Å². The molecule has 8 nitrogen and oxygen atoms in total. The second-order valence-electron chi connectivity index (χ2n) is 8.91. The summed E-state index contributed by atoms with van der Waals surface area (Å²) in [5.41, 5.74) is 6.94. The number of amides is 1. The van der Waals surface area contributed by atoms with Crippen molar-refractivity contribution in [1.29, 1.82) is 0 Å². The molecular weight excluding hydrogens is 456 g/mol. The lowest BCUT2D eigenvalue weighted by molar-refractivity contribution is 0.102. The van der Waals surface area contributed by atoms with E-state index in [1.807, 2.05) is 13.8 Å². The third kappa shape index (κ3) is 4.88. The van der Waals surface area contributed by atoms with E-state index >= 15 is 4.39 Å². The highest BCUT2D eigenvalue weighted by molar-refractivity contribution is 6.05. The summed E-state index contributed by atoms with van der Waals surface area (Å²) in [6, 6.07) is 5.37. The molecular formula is C25H27F2N5O3. The summed E-state index contributed by atoms with van der Waals surface area (Å²) in [7, 11) is 1.78. The van der Waals surface area contributed by atoms with Crippen LogP contribution in [-0.4, -0.2) is 41.7 Å². The van der Waals surface area contributed by atoms with E-state index in [4.69, 9.17) is 15.2 Å². The van der Waals surface area contributed by atoms with Gasteiger partial charge in [-0.05, 0) is 57.6 Å². The molecule has 1 amide bonds. The van der Waals surface area contributed by atoms with E-state index in [1.54, 1.807) is 20.0 Å². The number of carbonyl (C=O) groups is 1. The monoisotopic (exact) mass is 483 g/mol. The van der Waals surface area contributed by atoms with Gasteiger partial charge in [-0.1, -0.05) is 0 Å². The number of hydrogen-bond donors (Lipinski definition) is 3. The molecule has 0 aliphatic carbocycles. The number of nitrogen functional groups attached to an aromatic ring is 1. The molecule has 35 heavy (non-hydrogen) atoms. The molecule has 2 heterocycles. The lowest BCUT2D eigenvalue weighted by Gasteiger charge is -2.17. The SMILES string of the molecule is CNCCOc1c(N)ncnc1-c1cc(F)cc(NC(=O)c2ccc3c(c2F)CC(C)(C)O3)c1C. The Morgan fingerprint density at radius 2 is 2.03 bits per heavy atom. The largest absolute Gasteiger partial charge is 0.487 e. The van der Waals surface area contributed by atoms with E-state index in [2.05, 4.69) is 20.6 Å². The van der Waals surface area contributed by atoms with Crippen molar-refractivity contribution >= 4 is 17.4 Å². The Bertz CT molecular complexity index is 1300. The van der Waals surface area contributed by atoms with Crippen molar-refractivity contribution in [2.24, 2.45) is 0 Å². The number of nitrogens with one attached hydrogen (secondary N) is 2. The van der Waals surface area contributed by atoms with Crippen LogP contribution in [0.5, 0.6) is 11.5 Å². The summed E-state index contributed by atoms with van der Waals surface area (Å²) in [6.45, 7) is 6.22. The number of nitrogens with two attached hydrogens (primary N) is 1. The average Bonchev–Trinajstić information content (AvgIpc) is 3.12. The number of hydrogen-bond acceptors (Lipinski definition) is 7. The standard InChI is InChI=1S/C25H27F2N5O3/c1-13-16(21-22(34-8-7-29-4)23(28)31-12-30-21)9-14(26)10-18(13)32-24(33)15-5-6-19-17(20(15)27)11-25(2,3)35-19/h5-6,9-10,12,29H,7-8,11H2,1-4H3,(H,32,33)(H2,28,30,31). The normalized spacial score (nSPS) is 13.8. The predicted molar refractivity (Wildman–Crippen MR) is 129 cm³/mol. The Balaban J connectivity index is 1.68. The molecule has 4 rings (SSSR count). The van der Waals surface area contributed by atoms with Gasteiger partial charge in [0, 0.05) is 29.8 Å². The minimum atomic E-state index is -0.706. The highest BCUT2D eigenvalue weighted by Gasteiger charge is 2.34. The Kier molecular flexibility index (Phi) is 6.58. The number of nitrogens with zero attached hydrogens (tertiary/aromatic N) is 2. The molecule has 0 bridgehead atoms. The van der Waals surface area contributed by atoms with Gasteiger partial charge < -0.3 is 25.8 Å². The summed E-state index contributed by atoms with van der Waals surface area (Å²) < 4.78 is 41.3. The van der Waals surface area contributed by atoms with Crippen LogP contribution >= 0.6 is 0 Å². The first kappa shape index (κ1) is 24.3. The number of rotatable bonds is 7. The number of likely N-dealkylation sites (N-methyl/N-ethyl adjacent to an activating group) is 1. The molecule has 0 saturated carbocycles. The Hall–Kier alpha value is -3.79. The zero-order chi connectivity index (χ0) is 25.3. The maximum Gasteiger partial charge on any atom is 0.258 e. The molecule has 0 spiro atoms. The third-order valence-electron chi connectivity index (χ3n) is 5.74. The van der Waals surface area contributed by atoms with Gasteiger partial charge in [-0.15, -0.1) is 0 Å². The second kappa shape index (κ2) is 9.46. The number of fused-ring (bicyclic) bond motifs is 1. The van der Waals surface area contributed by atoms with E-state index in [0.717, 1.165) is 0 Å². The maximum atomic E-state index is 15.2. The van der Waals surface area contributed by atoms with Gasteiger partial charge in [-0.3, -0.25) is 4.79 Å². The van der Waals surface area contributed by atoms with Gasteiger partial charge in [0.2, 0.25) is 0 Å². The smallest absolute Gasteiger partial charge is 0.258 e. The van der Waals surface area contributed by atoms with Crippen LogP contribution in [0.4, 0.5) is 20.3 Å². The summed E-state index contributed by atoms with van der Waals surface area (Å²) in [5, 5.41) is 5.59. The molecule has 0 atom stereocenters. The molecule has 10 heteroatoms. The number of ether oxygens (including phenoxy) is 2. The fourth-order valence-corrected chi connectivity index (χ4v) is 4.02. The van der Waals surface area contributed by atoms with Gasteiger partial charge in [-0.2, -0.15) is 0 Å². The van der Waals surface area contributed by atoms with Crippen LogP contribution in [0.15, 0.2) is 30.6 Å². The molecule has 1 aliphatic rings. The summed E-state index contributed by atoms with van der Waals surface area (Å²) in [6.07, 6.45) is 1.59. The minimum absolute atomic E-state index is 0.103. The van der Waals surface area contributed by atoms with Crippen molar-refractivity contribution in [2.45, 2.75) is 32.8 Å². The van der Waals surface area contributed by atoms with Crippen molar-refractivity contribution in [3.8, 4) is 22.8 Å². The van der Waals surface area contributed by atoms with Crippen molar-refractivity contribution in [3.63, 3.8) is 0 Å². The number of anilines is 2. The number of carbonyl (C=O) groups excluding carboxylic acids is 1. The first-order valence-electron chi connectivity index (χ1n) is 11.1. The fourth-order valence-electron chi connectivity index (χ4n) is 4.02. The Morgan fingerprint density at radius 3 is 2.77 bits per heavy atom. The van der Waals surface area contributed by atoms with Crippen LogP contribution in [-0.2, 0) is 6.42 Å². The topological polar surface area (TPSA) is 111 Å². The molecule has 2 aromatic carbocycles. The molecule has 0 unspecified atom stereocenters. The Morgan fingerprint density at radius 1 is 1.26 bits per heavy atom. The van der Waals surface area contributed by atoms with Crippen LogP contribution < -0.4 is 25.8 Å². The van der Waals surface area contributed by atoms with E-state index in [0.29, 0.717) is 35.4 Å². The van der Waals surface area contributed by atoms with Crippen molar-refractivity contribution in [1.82, 2.24) is 15.3 Å². The first-order valence-corrected chi connectivity index (χ1v) is 11.1. The highest BCUT2D eigenvalue weighted by atomic mass is 19.1. The van der Waals surface area contributed by atoms with E-state index in [1.165, 1.54) is 24.5 Å². The van der Waals surface area contributed by atoms with Gasteiger partial charge in [0.1, 0.15) is 41.6 Å². The molecule has 4 N–H and O–H groups in total. The molecule has 0 saturated heterocycles. The lowest BCUT2D eigenvalue weighted by atomic mass is 9.99. The van der Waals surface area contributed by atoms with Crippen molar-refractivity contribution < 1.29 is 23.0 Å². The minimum Gasteiger partial charge on any atom is -0.487 e. The average molecular weight is 484 g/mol. The zero-order valence-corrected chi connectivity index (χ0v) is 20.0. The fraction of sp³-hybridized carbons (Fsp3) is 0.320.